The van der Waals surface area contributed by atoms with E-state index in [9.17, 15) is 4.79 Å². The van der Waals surface area contributed by atoms with Crippen LogP contribution in [0.2, 0.25) is 0 Å². The molecule has 0 fully saturated rings. The zero-order valence-corrected chi connectivity index (χ0v) is 11.8. The van der Waals surface area contributed by atoms with E-state index in [0.29, 0.717) is 5.56 Å². The Morgan fingerprint density at radius 3 is 3.10 bits per heavy atom. The number of carbonyl (C=O) groups is 1. The molecule has 0 aliphatic rings. The summed E-state index contributed by atoms with van der Waals surface area (Å²) < 4.78 is 1.06. The van der Waals surface area contributed by atoms with Crippen LogP contribution in [0, 0.1) is 0 Å². The summed E-state index contributed by atoms with van der Waals surface area (Å²) in [7, 11) is 0. The summed E-state index contributed by atoms with van der Waals surface area (Å²) in [4.78, 5) is 19.8. The number of rotatable bonds is 2. The Balaban J connectivity index is 1.70. The van der Waals surface area contributed by atoms with Crippen LogP contribution < -0.4 is 5.32 Å². The van der Waals surface area contributed by atoms with Gasteiger partial charge in [0.2, 0.25) is 0 Å². The number of amides is 1. The van der Waals surface area contributed by atoms with Crippen LogP contribution in [0.4, 0.5) is 5.69 Å². The van der Waals surface area contributed by atoms with Crippen LogP contribution in [0.15, 0.2) is 54.2 Å². The predicted molar refractivity (Wildman–Crippen MR) is 85.9 cm³/mol. The first-order valence-electron chi connectivity index (χ1n) is 6.52. The number of nitrogens with zero attached hydrogens (tertiary/aromatic N) is 1. The number of benzene rings is 2. The minimum atomic E-state index is -0.107. The zero-order valence-electron chi connectivity index (χ0n) is 11.0. The molecule has 0 atom stereocenters. The largest absolute Gasteiger partial charge is 0.361 e. The third-order valence-electron chi connectivity index (χ3n) is 3.43. The van der Waals surface area contributed by atoms with Gasteiger partial charge >= 0.3 is 0 Å². The highest BCUT2D eigenvalue weighted by Crippen LogP contribution is 2.23. The lowest BCUT2D eigenvalue weighted by Crippen LogP contribution is -2.11. The highest BCUT2D eigenvalue weighted by Gasteiger charge is 2.11. The monoisotopic (exact) mass is 293 g/mol. The molecule has 2 aromatic carbocycles. The van der Waals surface area contributed by atoms with E-state index in [2.05, 4.69) is 15.3 Å². The molecule has 0 unspecified atom stereocenters. The van der Waals surface area contributed by atoms with E-state index >= 15 is 0 Å². The van der Waals surface area contributed by atoms with Gasteiger partial charge in [-0.1, -0.05) is 6.07 Å². The van der Waals surface area contributed by atoms with Crippen molar-refractivity contribution < 1.29 is 4.79 Å². The molecule has 4 rings (SSSR count). The van der Waals surface area contributed by atoms with Crippen molar-refractivity contribution in [2.45, 2.75) is 0 Å². The molecular formula is C16H11N3OS. The van der Waals surface area contributed by atoms with Crippen molar-refractivity contribution in [3.63, 3.8) is 0 Å². The van der Waals surface area contributed by atoms with Crippen molar-refractivity contribution in [1.82, 2.24) is 9.97 Å². The molecule has 0 aliphatic carbocycles. The molecule has 0 radical (unpaired) electrons. The van der Waals surface area contributed by atoms with E-state index in [4.69, 9.17) is 0 Å². The number of nitrogens with one attached hydrogen (secondary N) is 2. The molecule has 0 bridgehead atoms. The van der Waals surface area contributed by atoms with Crippen LogP contribution in [0.5, 0.6) is 0 Å². The molecule has 0 spiro atoms. The summed E-state index contributed by atoms with van der Waals surface area (Å²) in [5, 5.41) is 3.87. The van der Waals surface area contributed by atoms with Gasteiger partial charge in [-0.05, 0) is 36.4 Å². The van der Waals surface area contributed by atoms with E-state index in [1.807, 2.05) is 48.7 Å². The molecule has 4 nitrogen and oxygen atoms in total. The lowest BCUT2D eigenvalue weighted by atomic mass is 10.1. The maximum absolute atomic E-state index is 12.5. The van der Waals surface area contributed by atoms with Gasteiger partial charge in [-0.2, -0.15) is 0 Å². The Labute approximate surface area is 124 Å². The summed E-state index contributed by atoms with van der Waals surface area (Å²) in [6, 6.07) is 13.3. The van der Waals surface area contributed by atoms with Crippen molar-refractivity contribution in [2.24, 2.45) is 0 Å². The number of aromatic amines is 1. The Morgan fingerprint density at radius 1 is 1.19 bits per heavy atom. The van der Waals surface area contributed by atoms with Crippen molar-refractivity contribution >= 4 is 44.1 Å². The van der Waals surface area contributed by atoms with Gasteiger partial charge in [0.05, 0.1) is 15.7 Å². The fourth-order valence-corrected chi connectivity index (χ4v) is 3.13. The summed E-state index contributed by atoms with van der Waals surface area (Å²) in [6.07, 6.45) is 1.84. The maximum atomic E-state index is 12.5. The number of thiazole rings is 1. The lowest BCUT2D eigenvalue weighted by molar-refractivity contribution is 0.102. The SMILES string of the molecule is O=C(Nc1ccc2ncsc2c1)c1cccc2[nH]ccc12. The smallest absolute Gasteiger partial charge is 0.256 e. The van der Waals surface area contributed by atoms with Crippen molar-refractivity contribution in [2.75, 3.05) is 5.32 Å². The van der Waals surface area contributed by atoms with Crippen LogP contribution in [0.1, 0.15) is 10.4 Å². The minimum absolute atomic E-state index is 0.107. The normalized spacial score (nSPS) is 11.0. The number of fused-ring (bicyclic) bond motifs is 2. The van der Waals surface area contributed by atoms with Crippen molar-refractivity contribution in [3.8, 4) is 0 Å². The molecule has 21 heavy (non-hydrogen) atoms. The molecule has 4 aromatic rings. The summed E-state index contributed by atoms with van der Waals surface area (Å²) in [5.74, 6) is -0.107. The van der Waals surface area contributed by atoms with Crippen LogP contribution in [0.3, 0.4) is 0 Å². The van der Waals surface area contributed by atoms with E-state index in [1.165, 1.54) is 0 Å². The Bertz CT molecular complexity index is 954. The zero-order chi connectivity index (χ0) is 14.2. The fraction of sp³-hybridized carbons (Fsp3) is 0. The van der Waals surface area contributed by atoms with Gasteiger partial charge in [-0.3, -0.25) is 4.79 Å². The predicted octanol–water partition coefficient (Wildman–Crippen LogP) is 4.03. The summed E-state index contributed by atoms with van der Waals surface area (Å²) in [6.45, 7) is 0. The lowest BCUT2D eigenvalue weighted by Gasteiger charge is -2.06. The van der Waals surface area contributed by atoms with Gasteiger partial charge in [-0.15, -0.1) is 11.3 Å². The molecule has 2 aromatic heterocycles. The first kappa shape index (κ1) is 12.1. The first-order chi connectivity index (χ1) is 10.3. The van der Waals surface area contributed by atoms with Gasteiger partial charge in [0, 0.05) is 28.4 Å². The van der Waals surface area contributed by atoms with Gasteiger partial charge < -0.3 is 10.3 Å². The third kappa shape index (κ3) is 2.08. The number of hydrogen-bond donors (Lipinski definition) is 2. The highest BCUT2D eigenvalue weighted by atomic mass is 32.1. The number of hydrogen-bond acceptors (Lipinski definition) is 3. The molecule has 0 saturated carbocycles. The molecule has 5 heteroatoms. The maximum Gasteiger partial charge on any atom is 0.256 e. The molecule has 2 N–H and O–H groups in total. The molecule has 0 aliphatic heterocycles. The second kappa shape index (κ2) is 4.71. The molecule has 2 heterocycles. The quantitative estimate of drug-likeness (QED) is 0.586. The van der Waals surface area contributed by atoms with Crippen molar-refractivity contribution in [3.05, 3.63) is 59.7 Å². The third-order valence-corrected chi connectivity index (χ3v) is 4.22. The molecule has 102 valence electrons. The molecule has 0 saturated heterocycles. The Hall–Kier alpha value is -2.66. The van der Waals surface area contributed by atoms with Gasteiger partial charge in [-0.25, -0.2) is 4.98 Å². The van der Waals surface area contributed by atoms with Gasteiger partial charge in [0.1, 0.15) is 0 Å². The second-order valence-corrected chi connectivity index (χ2v) is 5.62. The summed E-state index contributed by atoms with van der Waals surface area (Å²) in [5.41, 5.74) is 5.16. The Morgan fingerprint density at radius 2 is 2.14 bits per heavy atom. The minimum Gasteiger partial charge on any atom is -0.361 e. The van der Waals surface area contributed by atoms with Crippen molar-refractivity contribution in [1.29, 1.82) is 0 Å². The van der Waals surface area contributed by atoms with Crippen LogP contribution >= 0.6 is 11.3 Å². The molecular weight excluding hydrogens is 282 g/mol. The summed E-state index contributed by atoms with van der Waals surface area (Å²) >= 11 is 1.56. The number of aromatic nitrogens is 2. The number of anilines is 1. The fourth-order valence-electron chi connectivity index (χ4n) is 2.41. The standard InChI is InChI=1S/C16H11N3OS/c20-16(12-2-1-3-13-11(12)6-7-17-13)19-10-4-5-14-15(8-10)21-9-18-14/h1-9,17H,(H,19,20). The average Bonchev–Trinajstić information content (AvgIpc) is 3.14. The van der Waals surface area contributed by atoms with Gasteiger partial charge in [0.25, 0.3) is 5.91 Å². The number of H-pyrrole nitrogens is 1. The van der Waals surface area contributed by atoms with E-state index in [0.717, 1.165) is 26.8 Å². The van der Waals surface area contributed by atoms with Crippen LogP contribution in [-0.4, -0.2) is 15.9 Å². The second-order valence-electron chi connectivity index (χ2n) is 4.73. The highest BCUT2D eigenvalue weighted by molar-refractivity contribution is 7.16. The number of carbonyl (C=O) groups excluding carboxylic acids is 1. The van der Waals surface area contributed by atoms with Gasteiger partial charge in [0.15, 0.2) is 0 Å². The van der Waals surface area contributed by atoms with E-state index in [-0.39, 0.29) is 5.91 Å². The first-order valence-corrected chi connectivity index (χ1v) is 7.40. The average molecular weight is 293 g/mol. The molecule has 1 amide bonds. The van der Waals surface area contributed by atoms with E-state index < -0.39 is 0 Å². The Kier molecular flexibility index (Phi) is 2.72. The topological polar surface area (TPSA) is 57.8 Å². The van der Waals surface area contributed by atoms with Crippen LogP contribution in [0.25, 0.3) is 21.1 Å². The van der Waals surface area contributed by atoms with Crippen LogP contribution in [-0.2, 0) is 0 Å². The van der Waals surface area contributed by atoms with E-state index in [1.54, 1.807) is 16.8 Å².